The fourth-order valence-corrected chi connectivity index (χ4v) is 1.83. The number of rotatable bonds is 4. The first kappa shape index (κ1) is 13.4. The highest BCUT2D eigenvalue weighted by Gasteiger charge is 2.17. The molecule has 1 atom stereocenters. The Morgan fingerprint density at radius 1 is 1.32 bits per heavy atom. The van der Waals surface area contributed by atoms with E-state index in [4.69, 9.17) is 9.84 Å². The van der Waals surface area contributed by atoms with Crippen molar-refractivity contribution in [1.82, 2.24) is 10.6 Å². The second-order valence-corrected chi connectivity index (χ2v) is 4.39. The number of ether oxygens (including phenoxy) is 1. The summed E-state index contributed by atoms with van der Waals surface area (Å²) in [6.45, 7) is 1.60. The van der Waals surface area contributed by atoms with Crippen LogP contribution in [0.2, 0.25) is 0 Å². The molecule has 2 amide bonds. The number of hydrogen-bond acceptors (Lipinski definition) is 3. The van der Waals surface area contributed by atoms with Crippen molar-refractivity contribution in [3.05, 3.63) is 35.4 Å². The van der Waals surface area contributed by atoms with Gasteiger partial charge in [0.2, 0.25) is 0 Å². The topological polar surface area (TPSA) is 87.7 Å². The average molecular weight is 264 g/mol. The quantitative estimate of drug-likeness (QED) is 0.756. The van der Waals surface area contributed by atoms with Crippen LogP contribution < -0.4 is 10.6 Å². The van der Waals surface area contributed by atoms with Crippen LogP contribution in [-0.4, -0.2) is 36.4 Å². The lowest BCUT2D eigenvalue weighted by Crippen LogP contribution is -2.42. The summed E-state index contributed by atoms with van der Waals surface area (Å²) in [7, 11) is 0. The third-order valence-electron chi connectivity index (χ3n) is 2.92. The minimum atomic E-state index is -0.960. The van der Waals surface area contributed by atoms with Crippen LogP contribution in [0.15, 0.2) is 24.3 Å². The molecule has 0 saturated carbocycles. The Morgan fingerprint density at radius 2 is 2.05 bits per heavy atom. The molecule has 6 nitrogen and oxygen atoms in total. The highest BCUT2D eigenvalue weighted by molar-refractivity contribution is 5.87. The number of carbonyl (C=O) groups is 2. The van der Waals surface area contributed by atoms with Gasteiger partial charge >= 0.3 is 12.0 Å². The van der Waals surface area contributed by atoms with Gasteiger partial charge in [0.05, 0.1) is 18.2 Å². The Labute approximate surface area is 110 Å². The molecule has 2 rings (SSSR count). The molecule has 1 aliphatic rings. The van der Waals surface area contributed by atoms with E-state index in [1.807, 2.05) is 0 Å². The molecule has 0 spiro atoms. The molecule has 1 aliphatic heterocycles. The summed E-state index contributed by atoms with van der Waals surface area (Å²) in [6, 6.07) is 6.24. The molecular formula is C13H16N2O4. The van der Waals surface area contributed by atoms with Crippen LogP contribution in [0, 0.1) is 0 Å². The highest BCUT2D eigenvalue weighted by Crippen LogP contribution is 2.05. The largest absolute Gasteiger partial charge is 0.478 e. The molecule has 102 valence electrons. The van der Waals surface area contributed by atoms with E-state index in [2.05, 4.69) is 10.6 Å². The van der Waals surface area contributed by atoms with Crippen molar-refractivity contribution >= 4 is 12.0 Å². The Balaban J connectivity index is 1.77. The van der Waals surface area contributed by atoms with Crippen molar-refractivity contribution in [1.29, 1.82) is 0 Å². The van der Waals surface area contributed by atoms with Gasteiger partial charge in [0.15, 0.2) is 0 Å². The third kappa shape index (κ3) is 3.96. The lowest BCUT2D eigenvalue weighted by Gasteiger charge is -2.11. The van der Waals surface area contributed by atoms with Crippen LogP contribution in [0.25, 0.3) is 0 Å². The zero-order valence-electron chi connectivity index (χ0n) is 10.4. The minimum Gasteiger partial charge on any atom is -0.478 e. The van der Waals surface area contributed by atoms with Gasteiger partial charge in [-0.25, -0.2) is 9.59 Å². The maximum absolute atomic E-state index is 11.6. The summed E-state index contributed by atoms with van der Waals surface area (Å²) >= 11 is 0. The third-order valence-corrected chi connectivity index (χ3v) is 2.92. The molecule has 1 saturated heterocycles. The normalized spacial score (nSPS) is 18.0. The summed E-state index contributed by atoms with van der Waals surface area (Å²) < 4.78 is 5.16. The van der Waals surface area contributed by atoms with Gasteiger partial charge in [-0.15, -0.1) is 0 Å². The second kappa shape index (κ2) is 6.19. The summed E-state index contributed by atoms with van der Waals surface area (Å²) in [5, 5.41) is 14.3. The van der Waals surface area contributed by atoms with Gasteiger partial charge in [0.1, 0.15) is 0 Å². The number of hydrogen-bond donors (Lipinski definition) is 3. The molecule has 1 aromatic carbocycles. The van der Waals surface area contributed by atoms with Gasteiger partial charge in [0, 0.05) is 13.2 Å². The van der Waals surface area contributed by atoms with Crippen molar-refractivity contribution < 1.29 is 19.4 Å². The molecule has 3 N–H and O–H groups in total. The number of amides is 2. The van der Waals surface area contributed by atoms with Crippen LogP contribution in [0.3, 0.4) is 0 Å². The van der Waals surface area contributed by atoms with E-state index >= 15 is 0 Å². The zero-order valence-corrected chi connectivity index (χ0v) is 10.4. The van der Waals surface area contributed by atoms with Crippen molar-refractivity contribution in [2.45, 2.75) is 19.0 Å². The van der Waals surface area contributed by atoms with Crippen LogP contribution in [0.5, 0.6) is 0 Å². The van der Waals surface area contributed by atoms with Crippen LogP contribution in [-0.2, 0) is 11.3 Å². The molecular weight excluding hydrogens is 248 g/mol. The van der Waals surface area contributed by atoms with Crippen LogP contribution in [0.4, 0.5) is 4.79 Å². The van der Waals surface area contributed by atoms with E-state index in [9.17, 15) is 9.59 Å². The van der Waals surface area contributed by atoms with Gasteiger partial charge in [-0.1, -0.05) is 12.1 Å². The molecule has 0 aromatic heterocycles. The Bertz CT molecular complexity index is 452. The molecule has 19 heavy (non-hydrogen) atoms. The molecule has 1 fully saturated rings. The molecule has 1 aromatic rings. The van der Waals surface area contributed by atoms with E-state index in [1.54, 1.807) is 12.1 Å². The number of nitrogens with one attached hydrogen (secondary N) is 2. The van der Waals surface area contributed by atoms with Crippen LogP contribution in [0.1, 0.15) is 22.3 Å². The van der Waals surface area contributed by atoms with E-state index in [0.29, 0.717) is 19.8 Å². The smallest absolute Gasteiger partial charge is 0.335 e. The summed E-state index contributed by atoms with van der Waals surface area (Å²) in [5.41, 5.74) is 1.08. The first-order valence-electron chi connectivity index (χ1n) is 6.09. The van der Waals surface area contributed by atoms with Gasteiger partial charge in [-0.2, -0.15) is 0 Å². The second-order valence-electron chi connectivity index (χ2n) is 4.39. The first-order chi connectivity index (χ1) is 9.15. The number of carboxylic acid groups (broad SMARTS) is 1. The summed E-state index contributed by atoms with van der Waals surface area (Å²) in [6.07, 6.45) is 0.834. The lowest BCUT2D eigenvalue weighted by atomic mass is 10.1. The number of benzene rings is 1. The summed E-state index contributed by atoms with van der Waals surface area (Å²) in [4.78, 5) is 22.3. The van der Waals surface area contributed by atoms with Gasteiger partial charge in [-0.3, -0.25) is 0 Å². The predicted molar refractivity (Wildman–Crippen MR) is 68.0 cm³/mol. The zero-order chi connectivity index (χ0) is 13.7. The standard InChI is InChI=1S/C13H16N2O4/c16-12(17)10-3-1-9(2-4-10)7-14-13(18)15-11-5-6-19-8-11/h1-4,11H,5-8H2,(H,16,17)(H2,14,15,18). The first-order valence-corrected chi connectivity index (χ1v) is 6.09. The monoisotopic (exact) mass is 264 g/mol. The molecule has 1 unspecified atom stereocenters. The predicted octanol–water partition coefficient (Wildman–Crippen LogP) is 0.973. The van der Waals surface area contributed by atoms with Gasteiger partial charge in [0.25, 0.3) is 0 Å². The highest BCUT2D eigenvalue weighted by atomic mass is 16.5. The SMILES string of the molecule is O=C(NCc1ccc(C(=O)O)cc1)NC1CCOC1. The van der Waals surface area contributed by atoms with E-state index in [-0.39, 0.29) is 17.6 Å². The van der Waals surface area contributed by atoms with E-state index < -0.39 is 5.97 Å². The van der Waals surface area contributed by atoms with E-state index in [1.165, 1.54) is 12.1 Å². The number of carboxylic acids is 1. The Kier molecular flexibility index (Phi) is 4.35. The van der Waals surface area contributed by atoms with Crippen molar-refractivity contribution in [3.8, 4) is 0 Å². The molecule has 0 bridgehead atoms. The van der Waals surface area contributed by atoms with Crippen molar-refractivity contribution in [2.75, 3.05) is 13.2 Å². The molecule has 6 heteroatoms. The van der Waals surface area contributed by atoms with Gasteiger partial charge in [-0.05, 0) is 24.1 Å². The Morgan fingerprint density at radius 3 is 2.63 bits per heavy atom. The number of urea groups is 1. The molecule has 0 radical (unpaired) electrons. The molecule has 0 aliphatic carbocycles. The fraction of sp³-hybridized carbons (Fsp3) is 0.385. The molecule has 1 heterocycles. The van der Waals surface area contributed by atoms with Crippen molar-refractivity contribution in [2.24, 2.45) is 0 Å². The maximum Gasteiger partial charge on any atom is 0.335 e. The van der Waals surface area contributed by atoms with Gasteiger partial charge < -0.3 is 20.5 Å². The minimum absolute atomic E-state index is 0.0781. The fourth-order valence-electron chi connectivity index (χ4n) is 1.83. The average Bonchev–Trinajstić information content (AvgIpc) is 2.89. The summed E-state index contributed by atoms with van der Waals surface area (Å²) in [5.74, 6) is -0.960. The lowest BCUT2D eigenvalue weighted by molar-refractivity contribution is 0.0697. The number of carbonyl (C=O) groups excluding carboxylic acids is 1. The van der Waals surface area contributed by atoms with Crippen molar-refractivity contribution in [3.63, 3.8) is 0 Å². The van der Waals surface area contributed by atoms with Crippen LogP contribution >= 0.6 is 0 Å². The maximum atomic E-state index is 11.6. The Hall–Kier alpha value is -2.08. The number of aromatic carboxylic acids is 1. The van der Waals surface area contributed by atoms with E-state index in [0.717, 1.165) is 12.0 Å².